The molecule has 0 aliphatic heterocycles. The number of nitrogens with zero attached hydrogens (tertiary/aromatic N) is 2. The number of hydrogen-bond acceptors (Lipinski definition) is 4. The summed E-state index contributed by atoms with van der Waals surface area (Å²) in [6.45, 7) is -0.218. The number of halogens is 1. The summed E-state index contributed by atoms with van der Waals surface area (Å²) in [5.41, 5.74) is 3.27. The van der Waals surface area contributed by atoms with Crippen LogP contribution >= 0.6 is 0 Å². The Labute approximate surface area is 137 Å². The van der Waals surface area contributed by atoms with Gasteiger partial charge < -0.3 is 4.74 Å². The number of amides is 1. The quantitative estimate of drug-likeness (QED) is 0.580. The summed E-state index contributed by atoms with van der Waals surface area (Å²) in [6, 6.07) is 15.4. The van der Waals surface area contributed by atoms with Crippen LogP contribution in [-0.2, 0) is 4.79 Å². The van der Waals surface area contributed by atoms with Gasteiger partial charge in [0, 0.05) is 17.1 Å². The van der Waals surface area contributed by atoms with Gasteiger partial charge in [0.05, 0.1) is 6.21 Å². The Balaban J connectivity index is 1.58. The molecule has 0 bridgehead atoms. The van der Waals surface area contributed by atoms with Crippen molar-refractivity contribution in [2.45, 2.75) is 0 Å². The van der Waals surface area contributed by atoms with Crippen LogP contribution in [0.3, 0.4) is 0 Å². The zero-order chi connectivity index (χ0) is 16.8. The Morgan fingerprint density at radius 2 is 2.00 bits per heavy atom. The molecule has 2 aromatic carbocycles. The predicted octanol–water partition coefficient (Wildman–Crippen LogP) is 2.90. The molecule has 0 saturated heterocycles. The van der Waals surface area contributed by atoms with Crippen LogP contribution in [0.1, 0.15) is 5.56 Å². The number of aromatic nitrogens is 1. The highest BCUT2D eigenvalue weighted by atomic mass is 19.1. The lowest BCUT2D eigenvalue weighted by molar-refractivity contribution is -0.123. The lowest BCUT2D eigenvalue weighted by atomic mass is 10.2. The van der Waals surface area contributed by atoms with E-state index in [0.29, 0.717) is 11.3 Å². The Morgan fingerprint density at radius 1 is 1.17 bits per heavy atom. The highest BCUT2D eigenvalue weighted by molar-refractivity contribution is 5.85. The molecule has 1 N–H and O–H groups in total. The lowest BCUT2D eigenvalue weighted by Gasteiger charge is -2.07. The van der Waals surface area contributed by atoms with Gasteiger partial charge in [-0.15, -0.1) is 0 Å². The van der Waals surface area contributed by atoms with Gasteiger partial charge in [0.1, 0.15) is 17.1 Å². The molecule has 1 amide bonds. The number of para-hydroxylation sites is 1. The van der Waals surface area contributed by atoms with Gasteiger partial charge in [0.15, 0.2) is 6.61 Å². The minimum Gasteiger partial charge on any atom is -0.481 e. The summed E-state index contributed by atoms with van der Waals surface area (Å²) in [6.07, 6.45) is 2.90. The van der Waals surface area contributed by atoms with Crippen LogP contribution in [0.25, 0.3) is 10.9 Å². The zero-order valence-corrected chi connectivity index (χ0v) is 12.6. The number of hydrazone groups is 1. The van der Waals surface area contributed by atoms with Crippen molar-refractivity contribution in [3.8, 4) is 5.75 Å². The Hall–Kier alpha value is -3.28. The molecule has 0 unspecified atom stereocenters. The fourth-order valence-electron chi connectivity index (χ4n) is 2.12. The largest absolute Gasteiger partial charge is 0.481 e. The number of ether oxygens (including phenoxy) is 1. The third kappa shape index (κ3) is 3.73. The topological polar surface area (TPSA) is 63.6 Å². The molecule has 3 rings (SSSR count). The second kappa shape index (κ2) is 7.32. The van der Waals surface area contributed by atoms with Crippen molar-refractivity contribution in [1.29, 1.82) is 0 Å². The van der Waals surface area contributed by atoms with E-state index in [9.17, 15) is 9.18 Å². The van der Waals surface area contributed by atoms with Crippen LogP contribution in [0.15, 0.2) is 65.9 Å². The fraction of sp³-hybridized carbons (Fsp3) is 0.0556. The van der Waals surface area contributed by atoms with E-state index in [4.69, 9.17) is 4.74 Å². The molecule has 1 heterocycles. The number of carbonyl (C=O) groups is 1. The summed E-state index contributed by atoms with van der Waals surface area (Å²) in [7, 11) is 0. The molecule has 24 heavy (non-hydrogen) atoms. The Kier molecular flexibility index (Phi) is 4.76. The molecule has 120 valence electrons. The Bertz CT molecular complexity index is 891. The summed E-state index contributed by atoms with van der Waals surface area (Å²) in [5.74, 6) is -0.342. The number of pyridine rings is 1. The van der Waals surface area contributed by atoms with Crippen molar-refractivity contribution in [2.24, 2.45) is 5.10 Å². The number of fused-ring (bicyclic) bond motifs is 1. The minimum atomic E-state index is -0.449. The highest BCUT2D eigenvalue weighted by Gasteiger charge is 2.06. The summed E-state index contributed by atoms with van der Waals surface area (Å²) in [5, 5.41) is 4.64. The predicted molar refractivity (Wildman–Crippen MR) is 89.4 cm³/mol. The minimum absolute atomic E-state index is 0.218. The SMILES string of the molecule is O=C(COc1cccc2cccnc12)NN=Cc1ccccc1F. The molecule has 0 fully saturated rings. The summed E-state index contributed by atoms with van der Waals surface area (Å²) < 4.78 is 18.9. The second-order valence-corrected chi connectivity index (χ2v) is 4.93. The molecule has 0 atom stereocenters. The van der Waals surface area contributed by atoms with Crippen molar-refractivity contribution in [2.75, 3.05) is 6.61 Å². The van der Waals surface area contributed by atoms with Gasteiger partial charge in [-0.2, -0.15) is 5.10 Å². The highest BCUT2D eigenvalue weighted by Crippen LogP contribution is 2.22. The first-order valence-electron chi connectivity index (χ1n) is 7.27. The van der Waals surface area contributed by atoms with Crippen LogP contribution in [-0.4, -0.2) is 23.7 Å². The van der Waals surface area contributed by atoms with E-state index < -0.39 is 11.7 Å². The Morgan fingerprint density at radius 3 is 2.88 bits per heavy atom. The summed E-state index contributed by atoms with van der Waals surface area (Å²) >= 11 is 0. The number of benzene rings is 2. The van der Waals surface area contributed by atoms with Gasteiger partial charge in [-0.25, -0.2) is 9.82 Å². The van der Waals surface area contributed by atoms with E-state index in [1.165, 1.54) is 12.3 Å². The molecular formula is C18H14FN3O2. The molecule has 0 radical (unpaired) electrons. The monoisotopic (exact) mass is 323 g/mol. The van der Waals surface area contributed by atoms with Crippen molar-refractivity contribution >= 4 is 23.0 Å². The maximum absolute atomic E-state index is 13.4. The molecule has 0 aliphatic carbocycles. The van der Waals surface area contributed by atoms with Gasteiger partial charge in [-0.05, 0) is 18.2 Å². The van der Waals surface area contributed by atoms with Crippen LogP contribution in [0, 0.1) is 5.82 Å². The third-order valence-corrected chi connectivity index (χ3v) is 3.25. The van der Waals surface area contributed by atoms with Gasteiger partial charge in [-0.3, -0.25) is 9.78 Å². The zero-order valence-electron chi connectivity index (χ0n) is 12.6. The van der Waals surface area contributed by atoms with E-state index in [1.807, 2.05) is 24.3 Å². The van der Waals surface area contributed by atoms with E-state index >= 15 is 0 Å². The van der Waals surface area contributed by atoms with Crippen LogP contribution in [0.2, 0.25) is 0 Å². The number of carbonyl (C=O) groups excluding carboxylic acids is 1. The van der Waals surface area contributed by atoms with Crippen LogP contribution < -0.4 is 10.2 Å². The van der Waals surface area contributed by atoms with Crippen molar-refractivity contribution in [1.82, 2.24) is 10.4 Å². The van der Waals surface area contributed by atoms with E-state index in [1.54, 1.807) is 30.5 Å². The average Bonchev–Trinajstić information content (AvgIpc) is 2.61. The smallest absolute Gasteiger partial charge is 0.277 e. The fourth-order valence-corrected chi connectivity index (χ4v) is 2.12. The first kappa shape index (κ1) is 15.6. The van der Waals surface area contributed by atoms with E-state index in [2.05, 4.69) is 15.5 Å². The molecule has 0 spiro atoms. The molecule has 0 aliphatic rings. The normalized spacial score (nSPS) is 10.9. The van der Waals surface area contributed by atoms with Crippen molar-refractivity contribution in [3.63, 3.8) is 0 Å². The third-order valence-electron chi connectivity index (χ3n) is 3.25. The molecule has 6 heteroatoms. The molecular weight excluding hydrogens is 309 g/mol. The molecule has 1 aromatic heterocycles. The first-order chi connectivity index (χ1) is 11.7. The van der Waals surface area contributed by atoms with E-state index in [0.717, 1.165) is 5.39 Å². The number of hydrogen-bond donors (Lipinski definition) is 1. The second-order valence-electron chi connectivity index (χ2n) is 4.93. The maximum atomic E-state index is 13.4. The summed E-state index contributed by atoms with van der Waals surface area (Å²) in [4.78, 5) is 16.0. The number of rotatable bonds is 5. The van der Waals surface area contributed by atoms with Gasteiger partial charge in [-0.1, -0.05) is 36.4 Å². The molecule has 3 aromatic rings. The van der Waals surface area contributed by atoms with Crippen molar-refractivity contribution < 1.29 is 13.9 Å². The molecule has 5 nitrogen and oxygen atoms in total. The van der Waals surface area contributed by atoms with Gasteiger partial charge >= 0.3 is 0 Å². The number of nitrogens with one attached hydrogen (secondary N) is 1. The van der Waals surface area contributed by atoms with E-state index in [-0.39, 0.29) is 12.2 Å². The average molecular weight is 323 g/mol. The standard InChI is InChI=1S/C18H14FN3O2/c19-15-8-2-1-5-14(15)11-21-22-17(23)12-24-16-9-3-6-13-7-4-10-20-18(13)16/h1-11H,12H2,(H,22,23). The first-order valence-corrected chi connectivity index (χ1v) is 7.27. The molecule has 0 saturated carbocycles. The van der Waals surface area contributed by atoms with Gasteiger partial charge in [0.25, 0.3) is 5.91 Å². The van der Waals surface area contributed by atoms with Crippen LogP contribution in [0.5, 0.6) is 5.75 Å². The maximum Gasteiger partial charge on any atom is 0.277 e. The van der Waals surface area contributed by atoms with Gasteiger partial charge in [0.2, 0.25) is 0 Å². The lowest BCUT2D eigenvalue weighted by Crippen LogP contribution is -2.24. The van der Waals surface area contributed by atoms with Crippen molar-refractivity contribution in [3.05, 3.63) is 72.2 Å². The van der Waals surface area contributed by atoms with Crippen LogP contribution in [0.4, 0.5) is 4.39 Å².